The van der Waals surface area contributed by atoms with E-state index in [-0.39, 0.29) is 24.1 Å². The Morgan fingerprint density at radius 1 is 0.972 bits per heavy atom. The molecule has 2 aliphatic heterocycles. The number of nitrogens with one attached hydrogen (secondary N) is 1. The standard InChI is InChI=1S/C28H25FN4O2S/c29-22-12-6-4-10-20(22)18-36-28-31-23-13-7-5-11-21(23)26-32-27(35)24(33(26)28)14-15-25(34)30-17-16-19-8-2-1-3-9-19/h1-13,24H,14-18H2,(H,30,34). The lowest BCUT2D eigenvalue weighted by Gasteiger charge is -2.31. The van der Waals surface area contributed by atoms with Crippen molar-refractivity contribution >= 4 is 40.3 Å². The number of benzene rings is 3. The van der Waals surface area contributed by atoms with E-state index in [4.69, 9.17) is 4.99 Å². The number of fused-ring (bicyclic) bond motifs is 3. The summed E-state index contributed by atoms with van der Waals surface area (Å²) in [7, 11) is 0. The number of halogens is 1. The summed E-state index contributed by atoms with van der Waals surface area (Å²) >= 11 is 1.36. The van der Waals surface area contributed by atoms with Crippen molar-refractivity contribution in [2.45, 2.75) is 31.1 Å². The molecule has 0 saturated heterocycles. The molecule has 0 aliphatic carbocycles. The van der Waals surface area contributed by atoms with Gasteiger partial charge in [0.25, 0.3) is 5.91 Å². The lowest BCUT2D eigenvalue weighted by molar-refractivity contribution is -0.122. The number of amides is 2. The van der Waals surface area contributed by atoms with E-state index in [0.29, 0.717) is 35.3 Å². The maximum atomic E-state index is 14.2. The van der Waals surface area contributed by atoms with Gasteiger partial charge in [-0.15, -0.1) is 0 Å². The number of carbonyl (C=O) groups is 2. The van der Waals surface area contributed by atoms with E-state index in [0.717, 1.165) is 23.2 Å². The third-order valence-corrected chi connectivity index (χ3v) is 7.15. The number of aliphatic imine (C=N–C) groups is 2. The van der Waals surface area contributed by atoms with Crippen LogP contribution in [0.1, 0.15) is 29.5 Å². The van der Waals surface area contributed by atoms with Gasteiger partial charge in [0.2, 0.25) is 5.91 Å². The number of carbonyl (C=O) groups excluding carboxylic acids is 2. The minimum atomic E-state index is -0.625. The molecule has 2 aliphatic rings. The fourth-order valence-corrected chi connectivity index (χ4v) is 5.32. The summed E-state index contributed by atoms with van der Waals surface area (Å²) in [6.07, 6.45) is 1.25. The van der Waals surface area contributed by atoms with Crippen LogP contribution in [-0.2, 0) is 21.8 Å². The lowest BCUT2D eigenvalue weighted by atomic mass is 10.1. The Morgan fingerprint density at radius 3 is 2.56 bits per heavy atom. The fraction of sp³-hybridized carbons (Fsp3) is 0.214. The molecule has 1 unspecified atom stereocenters. The van der Waals surface area contributed by atoms with E-state index in [9.17, 15) is 14.0 Å². The Balaban J connectivity index is 1.28. The van der Waals surface area contributed by atoms with Crippen LogP contribution in [-0.4, -0.2) is 40.3 Å². The molecule has 0 radical (unpaired) electrons. The Labute approximate surface area is 213 Å². The largest absolute Gasteiger partial charge is 0.356 e. The minimum absolute atomic E-state index is 0.109. The molecule has 0 saturated carbocycles. The van der Waals surface area contributed by atoms with Crippen LogP contribution in [0.3, 0.4) is 0 Å². The van der Waals surface area contributed by atoms with Crippen LogP contribution in [0.15, 0.2) is 88.8 Å². The van der Waals surface area contributed by atoms with Crippen molar-refractivity contribution in [3.63, 3.8) is 0 Å². The maximum absolute atomic E-state index is 14.2. The van der Waals surface area contributed by atoms with Gasteiger partial charge in [-0.3, -0.25) is 14.5 Å². The summed E-state index contributed by atoms with van der Waals surface area (Å²) < 4.78 is 14.2. The lowest BCUT2D eigenvalue weighted by Crippen LogP contribution is -2.44. The molecule has 36 heavy (non-hydrogen) atoms. The summed E-state index contributed by atoms with van der Waals surface area (Å²) in [6, 6.07) is 23.5. The normalized spacial score (nSPS) is 16.2. The third-order valence-electron chi connectivity index (χ3n) is 6.15. The Kier molecular flexibility index (Phi) is 7.23. The highest BCUT2D eigenvalue weighted by atomic mass is 32.2. The van der Waals surface area contributed by atoms with Gasteiger partial charge < -0.3 is 5.32 Å². The number of hydrogen-bond donors (Lipinski definition) is 1. The Hall–Kier alpha value is -3.78. The summed E-state index contributed by atoms with van der Waals surface area (Å²) in [4.78, 5) is 36.4. The average Bonchev–Trinajstić information content (AvgIpc) is 3.23. The number of hydrogen-bond acceptors (Lipinski definition) is 5. The number of rotatable bonds is 8. The summed E-state index contributed by atoms with van der Waals surface area (Å²) in [5, 5.41) is 3.52. The first-order valence-corrected chi connectivity index (χ1v) is 12.9. The van der Waals surface area contributed by atoms with Crippen molar-refractivity contribution in [2.75, 3.05) is 6.54 Å². The number of para-hydroxylation sites is 1. The molecule has 0 bridgehead atoms. The fourth-order valence-electron chi connectivity index (χ4n) is 4.28. The SMILES string of the molecule is O=C(CCC1C(=O)N=C2c3ccccc3N=C(SCc3ccccc3F)N21)NCCc1ccccc1. The summed E-state index contributed by atoms with van der Waals surface area (Å²) in [5.74, 6) is 0.214. The highest BCUT2D eigenvalue weighted by molar-refractivity contribution is 8.13. The van der Waals surface area contributed by atoms with Gasteiger partial charge in [0.1, 0.15) is 17.7 Å². The van der Waals surface area contributed by atoms with Gasteiger partial charge in [-0.25, -0.2) is 9.38 Å². The van der Waals surface area contributed by atoms with Gasteiger partial charge in [0.05, 0.1) is 5.69 Å². The highest BCUT2D eigenvalue weighted by Crippen LogP contribution is 2.36. The molecule has 5 rings (SSSR count). The molecule has 2 heterocycles. The van der Waals surface area contributed by atoms with Crippen LogP contribution >= 0.6 is 11.8 Å². The Morgan fingerprint density at radius 2 is 1.72 bits per heavy atom. The van der Waals surface area contributed by atoms with E-state index in [1.54, 1.807) is 18.2 Å². The minimum Gasteiger partial charge on any atom is -0.356 e. The molecule has 1 N–H and O–H groups in total. The monoisotopic (exact) mass is 500 g/mol. The zero-order valence-corrected chi connectivity index (χ0v) is 20.4. The molecule has 3 aromatic carbocycles. The second-order valence-corrected chi connectivity index (χ2v) is 9.52. The first-order chi connectivity index (χ1) is 17.6. The first-order valence-electron chi connectivity index (χ1n) is 11.9. The van der Waals surface area contributed by atoms with Gasteiger partial charge in [-0.05, 0) is 42.2 Å². The van der Waals surface area contributed by atoms with Crippen molar-refractivity contribution in [3.05, 3.63) is 101 Å². The topological polar surface area (TPSA) is 74.1 Å². The van der Waals surface area contributed by atoms with Gasteiger partial charge in [0.15, 0.2) is 5.17 Å². The van der Waals surface area contributed by atoms with E-state index in [1.165, 1.54) is 17.8 Å². The molecular weight excluding hydrogens is 475 g/mol. The summed E-state index contributed by atoms with van der Waals surface area (Å²) in [5.41, 5.74) is 3.20. The van der Waals surface area contributed by atoms with Gasteiger partial charge in [-0.2, -0.15) is 4.99 Å². The van der Waals surface area contributed by atoms with Crippen molar-refractivity contribution in [2.24, 2.45) is 9.98 Å². The van der Waals surface area contributed by atoms with Crippen LogP contribution in [0.4, 0.5) is 10.1 Å². The van der Waals surface area contributed by atoms with Crippen molar-refractivity contribution in [1.82, 2.24) is 10.2 Å². The molecule has 0 fully saturated rings. The quantitative estimate of drug-likeness (QED) is 0.480. The molecule has 8 heteroatoms. The average molecular weight is 501 g/mol. The maximum Gasteiger partial charge on any atom is 0.270 e. The van der Waals surface area contributed by atoms with Crippen LogP contribution in [0.25, 0.3) is 0 Å². The molecular formula is C28H25FN4O2S. The second-order valence-electron chi connectivity index (χ2n) is 8.58. The first kappa shape index (κ1) is 23.9. The van der Waals surface area contributed by atoms with Crippen molar-refractivity contribution in [3.8, 4) is 0 Å². The zero-order chi connectivity index (χ0) is 24.9. The third kappa shape index (κ3) is 5.23. The number of thioether (sulfide) groups is 1. The van der Waals surface area contributed by atoms with Gasteiger partial charge in [0, 0.05) is 24.3 Å². The van der Waals surface area contributed by atoms with Crippen molar-refractivity contribution < 1.29 is 14.0 Å². The van der Waals surface area contributed by atoms with Crippen molar-refractivity contribution in [1.29, 1.82) is 0 Å². The smallest absolute Gasteiger partial charge is 0.270 e. The van der Waals surface area contributed by atoms with Crippen LogP contribution in [0.5, 0.6) is 0 Å². The summed E-state index contributed by atoms with van der Waals surface area (Å²) in [6.45, 7) is 0.533. The van der Waals surface area contributed by atoms with Gasteiger partial charge >= 0.3 is 0 Å². The molecule has 0 aromatic heterocycles. The second kappa shape index (κ2) is 10.9. The van der Waals surface area contributed by atoms with E-state index in [2.05, 4.69) is 10.3 Å². The van der Waals surface area contributed by atoms with Crippen LogP contribution in [0, 0.1) is 5.82 Å². The zero-order valence-electron chi connectivity index (χ0n) is 19.6. The molecule has 2 amide bonds. The number of amidine groups is 2. The molecule has 1 atom stereocenters. The van der Waals surface area contributed by atoms with E-state index >= 15 is 0 Å². The molecule has 6 nitrogen and oxygen atoms in total. The highest BCUT2D eigenvalue weighted by Gasteiger charge is 2.41. The van der Waals surface area contributed by atoms with E-state index in [1.807, 2.05) is 59.5 Å². The van der Waals surface area contributed by atoms with E-state index < -0.39 is 6.04 Å². The predicted octanol–water partition coefficient (Wildman–Crippen LogP) is 4.86. The number of nitrogens with zero attached hydrogens (tertiary/aromatic N) is 3. The Bertz CT molecular complexity index is 1340. The van der Waals surface area contributed by atoms with Crippen LogP contribution in [0.2, 0.25) is 0 Å². The van der Waals surface area contributed by atoms with Crippen LogP contribution < -0.4 is 5.32 Å². The predicted molar refractivity (Wildman–Crippen MR) is 141 cm³/mol. The van der Waals surface area contributed by atoms with Gasteiger partial charge in [-0.1, -0.05) is 72.4 Å². The molecule has 182 valence electrons. The molecule has 3 aromatic rings. The molecule has 0 spiro atoms.